The van der Waals surface area contributed by atoms with Gasteiger partial charge in [0, 0.05) is 12.2 Å². The van der Waals surface area contributed by atoms with Crippen LogP contribution in [0.15, 0.2) is 58.5 Å². The molecule has 0 bridgehead atoms. The number of anilines is 1. The second-order valence-electron chi connectivity index (χ2n) is 6.31. The summed E-state index contributed by atoms with van der Waals surface area (Å²) in [5.74, 6) is -0.217. The van der Waals surface area contributed by atoms with Crippen molar-refractivity contribution in [2.24, 2.45) is 0 Å². The van der Waals surface area contributed by atoms with Crippen molar-refractivity contribution in [2.75, 3.05) is 5.32 Å². The van der Waals surface area contributed by atoms with Crippen molar-refractivity contribution in [3.63, 3.8) is 0 Å². The Morgan fingerprint density at radius 2 is 2.07 bits per heavy atom. The number of benzene rings is 2. The fourth-order valence-electron chi connectivity index (χ4n) is 2.78. The molecular formula is C21H20N4O2S. The van der Waals surface area contributed by atoms with Crippen LogP contribution < -0.4 is 10.9 Å². The third-order valence-electron chi connectivity index (χ3n) is 4.18. The van der Waals surface area contributed by atoms with Gasteiger partial charge >= 0.3 is 0 Å². The molecule has 0 spiro atoms. The Kier molecular flexibility index (Phi) is 6.12. The second-order valence-corrected chi connectivity index (χ2v) is 7.62. The SMILES string of the molecule is CCCn1c(S[C@H](C)C(=O)Nc2cccc(C#N)c2)nc2ccccc2c1=O. The van der Waals surface area contributed by atoms with Crippen molar-refractivity contribution >= 4 is 34.3 Å². The van der Waals surface area contributed by atoms with Crippen LogP contribution in [0.2, 0.25) is 0 Å². The third kappa shape index (κ3) is 4.24. The van der Waals surface area contributed by atoms with Gasteiger partial charge in [-0.3, -0.25) is 14.2 Å². The van der Waals surface area contributed by atoms with Gasteiger partial charge in [-0.25, -0.2) is 4.98 Å². The van der Waals surface area contributed by atoms with E-state index in [-0.39, 0.29) is 11.5 Å². The first kappa shape index (κ1) is 19.6. The topological polar surface area (TPSA) is 87.8 Å². The molecule has 0 saturated heterocycles. The molecule has 142 valence electrons. The minimum Gasteiger partial charge on any atom is -0.325 e. The standard InChI is InChI=1S/C21H20N4O2S/c1-3-11-25-20(27)17-9-4-5-10-18(17)24-21(25)28-14(2)19(26)23-16-8-6-7-15(12-16)13-22/h4-10,12,14H,3,11H2,1-2H3,(H,23,26)/t14-/m1/s1. The Hall–Kier alpha value is -3.11. The molecule has 0 radical (unpaired) electrons. The summed E-state index contributed by atoms with van der Waals surface area (Å²) in [5.41, 5.74) is 1.57. The fourth-order valence-corrected chi connectivity index (χ4v) is 3.72. The largest absolute Gasteiger partial charge is 0.325 e. The molecule has 7 heteroatoms. The summed E-state index contributed by atoms with van der Waals surface area (Å²) in [5, 5.41) is 12.4. The van der Waals surface area contributed by atoms with E-state index < -0.39 is 5.25 Å². The summed E-state index contributed by atoms with van der Waals surface area (Å²) < 4.78 is 1.63. The van der Waals surface area contributed by atoms with Crippen LogP contribution in [0.25, 0.3) is 10.9 Å². The van der Waals surface area contributed by atoms with E-state index in [9.17, 15) is 9.59 Å². The van der Waals surface area contributed by atoms with Crippen LogP contribution in [-0.2, 0) is 11.3 Å². The quantitative estimate of drug-likeness (QED) is 0.509. The van der Waals surface area contributed by atoms with Gasteiger partial charge in [0.15, 0.2) is 5.16 Å². The zero-order valence-electron chi connectivity index (χ0n) is 15.7. The van der Waals surface area contributed by atoms with Gasteiger partial charge in [0.05, 0.1) is 27.8 Å². The van der Waals surface area contributed by atoms with Crippen molar-refractivity contribution in [3.05, 3.63) is 64.4 Å². The minimum absolute atomic E-state index is 0.0933. The van der Waals surface area contributed by atoms with Crippen molar-refractivity contribution in [1.82, 2.24) is 9.55 Å². The zero-order chi connectivity index (χ0) is 20.1. The van der Waals surface area contributed by atoms with Gasteiger partial charge in [0.2, 0.25) is 5.91 Å². The number of para-hydroxylation sites is 1. The molecule has 3 aromatic rings. The monoisotopic (exact) mass is 392 g/mol. The lowest BCUT2D eigenvalue weighted by atomic mass is 10.2. The van der Waals surface area contributed by atoms with Crippen LogP contribution in [0, 0.1) is 11.3 Å². The lowest BCUT2D eigenvalue weighted by Crippen LogP contribution is -2.27. The Balaban J connectivity index is 1.86. The van der Waals surface area contributed by atoms with E-state index in [1.54, 1.807) is 47.9 Å². The molecule has 6 nitrogen and oxygen atoms in total. The molecule has 0 saturated carbocycles. The first-order valence-corrected chi connectivity index (χ1v) is 9.88. The number of amides is 1. The number of fused-ring (bicyclic) bond motifs is 1. The molecule has 2 aromatic carbocycles. The van der Waals surface area contributed by atoms with Gasteiger partial charge in [-0.05, 0) is 43.7 Å². The number of rotatable bonds is 6. The van der Waals surface area contributed by atoms with Crippen LogP contribution in [0.3, 0.4) is 0 Å². The first-order valence-electron chi connectivity index (χ1n) is 9.00. The maximum atomic E-state index is 12.8. The van der Waals surface area contributed by atoms with Crippen molar-refractivity contribution in [2.45, 2.75) is 37.2 Å². The highest BCUT2D eigenvalue weighted by molar-refractivity contribution is 8.00. The van der Waals surface area contributed by atoms with Crippen LogP contribution in [0.1, 0.15) is 25.8 Å². The summed E-state index contributed by atoms with van der Waals surface area (Å²) >= 11 is 1.25. The van der Waals surface area contributed by atoms with Crippen LogP contribution in [0.5, 0.6) is 0 Å². The zero-order valence-corrected chi connectivity index (χ0v) is 16.5. The maximum Gasteiger partial charge on any atom is 0.262 e. The van der Waals surface area contributed by atoms with Gasteiger partial charge in [-0.2, -0.15) is 5.26 Å². The van der Waals surface area contributed by atoms with Crippen LogP contribution in [0.4, 0.5) is 5.69 Å². The molecule has 3 rings (SSSR count). The fraction of sp³-hybridized carbons (Fsp3) is 0.238. The number of carbonyl (C=O) groups is 1. The molecule has 0 aliphatic carbocycles. The Morgan fingerprint density at radius 1 is 1.29 bits per heavy atom. The van der Waals surface area contributed by atoms with E-state index in [1.807, 2.05) is 25.1 Å². The van der Waals surface area contributed by atoms with Crippen molar-refractivity contribution < 1.29 is 4.79 Å². The van der Waals surface area contributed by atoms with E-state index in [0.29, 0.717) is 33.9 Å². The summed E-state index contributed by atoms with van der Waals surface area (Å²) in [4.78, 5) is 30.0. The molecule has 0 aliphatic rings. The Morgan fingerprint density at radius 3 is 2.82 bits per heavy atom. The minimum atomic E-state index is -0.470. The number of hydrogen-bond donors (Lipinski definition) is 1. The lowest BCUT2D eigenvalue weighted by molar-refractivity contribution is -0.115. The number of nitriles is 1. The highest BCUT2D eigenvalue weighted by Crippen LogP contribution is 2.24. The summed E-state index contributed by atoms with van der Waals surface area (Å²) in [6, 6.07) is 16.0. The number of nitrogens with one attached hydrogen (secondary N) is 1. The predicted octanol–water partition coefficient (Wildman–Crippen LogP) is 3.80. The van der Waals surface area contributed by atoms with Gasteiger partial charge in [-0.15, -0.1) is 0 Å². The molecule has 0 fully saturated rings. The lowest BCUT2D eigenvalue weighted by Gasteiger charge is -2.16. The number of thioether (sulfide) groups is 1. The van der Waals surface area contributed by atoms with E-state index >= 15 is 0 Å². The normalized spacial score (nSPS) is 11.8. The van der Waals surface area contributed by atoms with Gasteiger partial charge in [0.1, 0.15) is 0 Å². The highest BCUT2D eigenvalue weighted by atomic mass is 32.2. The number of hydrogen-bond acceptors (Lipinski definition) is 5. The van der Waals surface area contributed by atoms with Crippen LogP contribution in [-0.4, -0.2) is 20.7 Å². The Bertz CT molecular complexity index is 1120. The molecule has 1 aromatic heterocycles. The van der Waals surface area contributed by atoms with Gasteiger partial charge in [0.25, 0.3) is 5.56 Å². The first-order chi connectivity index (χ1) is 13.5. The molecule has 0 unspecified atom stereocenters. The molecule has 1 atom stereocenters. The number of nitrogens with zero attached hydrogens (tertiary/aromatic N) is 3. The summed E-state index contributed by atoms with van der Waals surface area (Å²) in [7, 11) is 0. The molecule has 1 amide bonds. The molecule has 1 heterocycles. The average Bonchev–Trinajstić information content (AvgIpc) is 2.71. The van der Waals surface area contributed by atoms with E-state index in [4.69, 9.17) is 5.26 Å². The number of aromatic nitrogens is 2. The molecule has 1 N–H and O–H groups in total. The molecular weight excluding hydrogens is 372 g/mol. The molecule has 0 aliphatic heterocycles. The second kappa shape index (κ2) is 8.72. The maximum absolute atomic E-state index is 12.8. The Labute approximate surface area is 167 Å². The van der Waals surface area contributed by atoms with E-state index in [0.717, 1.165) is 6.42 Å². The summed E-state index contributed by atoms with van der Waals surface area (Å²) in [6.45, 7) is 4.30. The van der Waals surface area contributed by atoms with Crippen LogP contribution >= 0.6 is 11.8 Å². The van der Waals surface area contributed by atoms with E-state index in [2.05, 4.69) is 10.3 Å². The summed E-state index contributed by atoms with van der Waals surface area (Å²) in [6.07, 6.45) is 0.787. The molecule has 28 heavy (non-hydrogen) atoms. The van der Waals surface area contributed by atoms with Crippen molar-refractivity contribution in [1.29, 1.82) is 5.26 Å². The third-order valence-corrected chi connectivity index (χ3v) is 5.27. The number of carbonyl (C=O) groups excluding carboxylic acids is 1. The highest BCUT2D eigenvalue weighted by Gasteiger charge is 2.19. The van der Waals surface area contributed by atoms with Gasteiger partial charge in [-0.1, -0.05) is 36.9 Å². The predicted molar refractivity (Wildman–Crippen MR) is 111 cm³/mol. The van der Waals surface area contributed by atoms with E-state index in [1.165, 1.54) is 11.8 Å². The van der Waals surface area contributed by atoms with Gasteiger partial charge < -0.3 is 5.32 Å². The van der Waals surface area contributed by atoms with Crippen molar-refractivity contribution in [3.8, 4) is 6.07 Å². The smallest absolute Gasteiger partial charge is 0.262 e. The average molecular weight is 392 g/mol.